The van der Waals surface area contributed by atoms with Gasteiger partial charge in [-0.2, -0.15) is 0 Å². The van der Waals surface area contributed by atoms with E-state index in [1.165, 1.54) is 18.4 Å². The Morgan fingerprint density at radius 2 is 2.05 bits per heavy atom. The van der Waals surface area contributed by atoms with Crippen molar-refractivity contribution in [1.82, 2.24) is 5.32 Å². The van der Waals surface area contributed by atoms with Crippen LogP contribution in [0.4, 0.5) is 0 Å². The maximum atomic E-state index is 6.40. The lowest BCUT2D eigenvalue weighted by Gasteiger charge is -2.44. The van der Waals surface area contributed by atoms with Gasteiger partial charge in [0, 0.05) is 29.5 Å². The average molecular weight is 261 g/mol. The van der Waals surface area contributed by atoms with Crippen LogP contribution in [-0.2, 0) is 0 Å². The number of nitrogens with one attached hydrogen (secondary N) is 1. The first kappa shape index (κ1) is 12.8. The number of methoxy groups -OCH3 is 1. The Hall–Kier alpha value is -1.22. The average Bonchev–Trinajstić information content (AvgIpc) is 3.16. The first-order chi connectivity index (χ1) is 9.01. The van der Waals surface area contributed by atoms with Crippen LogP contribution in [0.2, 0.25) is 0 Å². The van der Waals surface area contributed by atoms with Crippen molar-refractivity contribution in [2.24, 2.45) is 5.41 Å². The third-order valence-electron chi connectivity index (χ3n) is 5.15. The summed E-state index contributed by atoms with van der Waals surface area (Å²) in [6.07, 6.45) is 3.55. The minimum absolute atomic E-state index is 0.0833. The van der Waals surface area contributed by atoms with Crippen LogP contribution in [0.15, 0.2) is 18.2 Å². The Morgan fingerprint density at radius 1 is 1.32 bits per heavy atom. The van der Waals surface area contributed by atoms with Gasteiger partial charge < -0.3 is 14.8 Å². The Balaban J connectivity index is 2.01. The third-order valence-corrected chi connectivity index (χ3v) is 5.15. The maximum absolute atomic E-state index is 6.40. The minimum atomic E-state index is -0.0833. The van der Waals surface area contributed by atoms with Crippen LogP contribution in [0, 0.1) is 5.41 Å². The highest BCUT2D eigenvalue weighted by molar-refractivity contribution is 5.45. The molecule has 0 spiro atoms. The molecule has 2 atom stereocenters. The van der Waals surface area contributed by atoms with Gasteiger partial charge in [0.1, 0.15) is 17.1 Å². The summed E-state index contributed by atoms with van der Waals surface area (Å²) < 4.78 is 11.7. The Bertz CT molecular complexity index is 496. The fourth-order valence-corrected chi connectivity index (χ4v) is 3.15. The van der Waals surface area contributed by atoms with Gasteiger partial charge in [0.25, 0.3) is 0 Å². The summed E-state index contributed by atoms with van der Waals surface area (Å²) in [5, 5.41) is 3.43. The second-order valence-corrected chi connectivity index (χ2v) is 6.34. The molecule has 0 aromatic heterocycles. The van der Waals surface area contributed by atoms with E-state index >= 15 is 0 Å². The lowest BCUT2D eigenvalue weighted by Crippen LogP contribution is -2.47. The quantitative estimate of drug-likeness (QED) is 0.905. The molecular formula is C16H23NO2. The highest BCUT2D eigenvalue weighted by atomic mass is 16.5. The van der Waals surface area contributed by atoms with Crippen molar-refractivity contribution in [3.05, 3.63) is 23.8 Å². The van der Waals surface area contributed by atoms with Crippen LogP contribution in [0.3, 0.4) is 0 Å². The molecule has 0 amide bonds. The molecule has 1 aromatic rings. The van der Waals surface area contributed by atoms with Crippen molar-refractivity contribution in [3.8, 4) is 11.5 Å². The molecule has 104 valence electrons. The molecule has 0 radical (unpaired) electrons. The maximum Gasteiger partial charge on any atom is 0.128 e. The van der Waals surface area contributed by atoms with E-state index < -0.39 is 0 Å². The summed E-state index contributed by atoms with van der Waals surface area (Å²) in [4.78, 5) is 0. The summed E-state index contributed by atoms with van der Waals surface area (Å²) in [5.41, 5.74) is 1.48. The first-order valence-corrected chi connectivity index (χ1v) is 7.05. The standard InChI is InChI=1S/C16H23NO2/c1-15(7-8-15)16(2)10-13(17-3)12-6-5-11(18-4)9-14(12)19-16/h5-6,9,13,17H,7-8,10H2,1-4H3. The van der Waals surface area contributed by atoms with E-state index in [0.29, 0.717) is 11.5 Å². The van der Waals surface area contributed by atoms with E-state index in [2.05, 4.69) is 25.2 Å². The van der Waals surface area contributed by atoms with Crippen molar-refractivity contribution >= 4 is 0 Å². The van der Waals surface area contributed by atoms with Crippen LogP contribution in [0.1, 0.15) is 44.7 Å². The second-order valence-electron chi connectivity index (χ2n) is 6.34. The molecule has 19 heavy (non-hydrogen) atoms. The van der Waals surface area contributed by atoms with Gasteiger partial charge in [-0.15, -0.1) is 0 Å². The van der Waals surface area contributed by atoms with Gasteiger partial charge >= 0.3 is 0 Å². The molecule has 2 unspecified atom stereocenters. The smallest absolute Gasteiger partial charge is 0.128 e. The molecule has 1 N–H and O–H groups in total. The molecule has 0 bridgehead atoms. The molecule has 3 nitrogen and oxygen atoms in total. The third kappa shape index (κ3) is 1.91. The normalized spacial score (nSPS) is 31.3. The number of rotatable bonds is 3. The van der Waals surface area contributed by atoms with E-state index in [-0.39, 0.29) is 5.60 Å². The van der Waals surface area contributed by atoms with Crippen LogP contribution >= 0.6 is 0 Å². The van der Waals surface area contributed by atoms with Crippen molar-refractivity contribution in [2.45, 2.75) is 44.8 Å². The molecule has 1 aliphatic heterocycles. The van der Waals surface area contributed by atoms with E-state index in [4.69, 9.17) is 9.47 Å². The fraction of sp³-hybridized carbons (Fsp3) is 0.625. The predicted octanol–water partition coefficient (Wildman–Crippen LogP) is 3.30. The minimum Gasteiger partial charge on any atom is -0.497 e. The van der Waals surface area contributed by atoms with Gasteiger partial charge in [-0.3, -0.25) is 0 Å². The number of fused-ring (bicyclic) bond motifs is 1. The molecule has 2 aliphatic rings. The van der Waals surface area contributed by atoms with Crippen LogP contribution in [0.25, 0.3) is 0 Å². The zero-order valence-electron chi connectivity index (χ0n) is 12.2. The molecular weight excluding hydrogens is 238 g/mol. The molecule has 1 fully saturated rings. The predicted molar refractivity (Wildman–Crippen MR) is 75.8 cm³/mol. The molecule has 3 rings (SSSR count). The Kier molecular flexibility index (Phi) is 2.79. The van der Waals surface area contributed by atoms with E-state index in [1.54, 1.807) is 7.11 Å². The zero-order valence-corrected chi connectivity index (χ0v) is 12.2. The molecule has 1 saturated carbocycles. The lowest BCUT2D eigenvalue weighted by atomic mass is 9.78. The van der Waals surface area contributed by atoms with E-state index in [0.717, 1.165) is 17.9 Å². The molecule has 0 saturated heterocycles. The fourth-order valence-electron chi connectivity index (χ4n) is 3.15. The number of benzene rings is 1. The molecule has 1 aromatic carbocycles. The highest BCUT2D eigenvalue weighted by Crippen LogP contribution is 2.59. The lowest BCUT2D eigenvalue weighted by molar-refractivity contribution is -0.0127. The Morgan fingerprint density at radius 3 is 2.63 bits per heavy atom. The van der Waals surface area contributed by atoms with Gasteiger partial charge in [-0.25, -0.2) is 0 Å². The SMILES string of the molecule is CNC1CC(C)(C2(C)CC2)Oc2cc(OC)ccc21. The largest absolute Gasteiger partial charge is 0.497 e. The van der Waals surface area contributed by atoms with Gasteiger partial charge in [0.15, 0.2) is 0 Å². The highest BCUT2D eigenvalue weighted by Gasteiger charge is 2.57. The summed E-state index contributed by atoms with van der Waals surface area (Å²) in [7, 11) is 3.72. The number of hydrogen-bond donors (Lipinski definition) is 1. The number of hydrogen-bond acceptors (Lipinski definition) is 3. The van der Waals surface area contributed by atoms with Crippen LogP contribution in [-0.4, -0.2) is 19.8 Å². The summed E-state index contributed by atoms with van der Waals surface area (Å²) in [5.74, 6) is 1.83. The zero-order chi connectivity index (χ0) is 13.7. The molecule has 3 heteroatoms. The van der Waals surface area contributed by atoms with Crippen molar-refractivity contribution in [2.75, 3.05) is 14.2 Å². The molecule has 1 aliphatic carbocycles. The first-order valence-electron chi connectivity index (χ1n) is 7.05. The summed E-state index contributed by atoms with van der Waals surface area (Å²) in [6.45, 7) is 4.59. The summed E-state index contributed by atoms with van der Waals surface area (Å²) in [6, 6.07) is 6.50. The van der Waals surface area contributed by atoms with Crippen molar-refractivity contribution in [1.29, 1.82) is 0 Å². The van der Waals surface area contributed by atoms with Crippen molar-refractivity contribution in [3.63, 3.8) is 0 Å². The van der Waals surface area contributed by atoms with Gasteiger partial charge in [-0.05, 0) is 32.9 Å². The Labute approximate surface area is 115 Å². The topological polar surface area (TPSA) is 30.5 Å². The second kappa shape index (κ2) is 4.14. The van der Waals surface area contributed by atoms with Crippen molar-refractivity contribution < 1.29 is 9.47 Å². The molecule has 1 heterocycles. The van der Waals surface area contributed by atoms with Crippen LogP contribution < -0.4 is 14.8 Å². The van der Waals surface area contributed by atoms with Gasteiger partial charge in [0.2, 0.25) is 0 Å². The number of ether oxygens (including phenoxy) is 2. The van der Waals surface area contributed by atoms with Gasteiger partial charge in [-0.1, -0.05) is 13.0 Å². The van der Waals surface area contributed by atoms with E-state index in [1.807, 2.05) is 19.2 Å². The summed E-state index contributed by atoms with van der Waals surface area (Å²) >= 11 is 0. The monoisotopic (exact) mass is 261 g/mol. The van der Waals surface area contributed by atoms with Gasteiger partial charge in [0.05, 0.1) is 7.11 Å². The van der Waals surface area contributed by atoms with E-state index in [9.17, 15) is 0 Å². The van der Waals surface area contributed by atoms with Crippen LogP contribution in [0.5, 0.6) is 11.5 Å².